The predicted molar refractivity (Wildman–Crippen MR) is 79.8 cm³/mol. The summed E-state index contributed by atoms with van der Waals surface area (Å²) in [4.78, 5) is 15.9. The first-order valence-electron chi connectivity index (χ1n) is 6.29. The molecule has 0 aliphatic carbocycles. The van der Waals surface area contributed by atoms with Crippen LogP contribution >= 0.6 is 11.3 Å². The van der Waals surface area contributed by atoms with Crippen LogP contribution in [0.2, 0.25) is 0 Å². The van der Waals surface area contributed by atoms with Crippen molar-refractivity contribution in [2.75, 3.05) is 17.6 Å². The molecule has 0 aromatic carbocycles. The van der Waals surface area contributed by atoms with Gasteiger partial charge in [0.25, 0.3) is 0 Å². The molecule has 2 heterocycles. The van der Waals surface area contributed by atoms with Gasteiger partial charge in [-0.25, -0.2) is 9.78 Å². The van der Waals surface area contributed by atoms with Crippen LogP contribution in [0.1, 0.15) is 17.8 Å². The quantitative estimate of drug-likeness (QED) is 0.728. The summed E-state index contributed by atoms with van der Waals surface area (Å²) >= 11 is 1.43. The maximum Gasteiger partial charge on any atom is 0.319 e. The first-order chi connectivity index (χ1) is 9.54. The van der Waals surface area contributed by atoms with Gasteiger partial charge in [0.05, 0.1) is 17.1 Å². The number of rotatable bonds is 5. The molecule has 0 aliphatic rings. The lowest BCUT2D eigenvalue weighted by Crippen LogP contribution is -2.29. The predicted octanol–water partition coefficient (Wildman–Crippen LogP) is 1.52. The Balaban J connectivity index is 1.69. The summed E-state index contributed by atoms with van der Waals surface area (Å²) in [6.07, 6.45) is 3.40. The summed E-state index contributed by atoms with van der Waals surface area (Å²) in [5.41, 5.74) is 8.04. The number of aromatic nitrogens is 3. The van der Waals surface area contributed by atoms with Crippen LogP contribution in [0.4, 0.5) is 15.6 Å². The largest absolute Gasteiger partial charge is 0.375 e. The van der Waals surface area contributed by atoms with Crippen molar-refractivity contribution in [1.29, 1.82) is 0 Å². The van der Waals surface area contributed by atoms with E-state index in [0.717, 1.165) is 29.9 Å². The number of hydrogen-bond acceptors (Lipinski definition) is 5. The number of carbonyl (C=O) groups is 1. The molecule has 7 nitrogen and oxygen atoms in total. The lowest BCUT2D eigenvalue weighted by Gasteiger charge is -2.05. The number of thiazole rings is 1. The van der Waals surface area contributed by atoms with Gasteiger partial charge in [-0.2, -0.15) is 5.10 Å². The second-order valence-corrected chi connectivity index (χ2v) is 5.35. The van der Waals surface area contributed by atoms with Gasteiger partial charge in [-0.15, -0.1) is 11.3 Å². The van der Waals surface area contributed by atoms with Crippen LogP contribution in [0.5, 0.6) is 0 Å². The normalized spacial score (nSPS) is 10.5. The summed E-state index contributed by atoms with van der Waals surface area (Å²) in [6.45, 7) is 2.44. The maximum absolute atomic E-state index is 11.7. The van der Waals surface area contributed by atoms with Crippen molar-refractivity contribution in [3.05, 3.63) is 23.0 Å². The van der Waals surface area contributed by atoms with E-state index in [1.807, 2.05) is 19.4 Å². The molecule has 0 spiro atoms. The van der Waals surface area contributed by atoms with E-state index in [4.69, 9.17) is 5.73 Å². The Kier molecular flexibility index (Phi) is 4.57. The second kappa shape index (κ2) is 6.38. The highest BCUT2D eigenvalue weighted by Crippen LogP contribution is 2.12. The summed E-state index contributed by atoms with van der Waals surface area (Å²) in [6, 6.07) is -0.223. The van der Waals surface area contributed by atoms with Crippen molar-refractivity contribution in [3.8, 4) is 0 Å². The molecule has 2 aromatic rings. The van der Waals surface area contributed by atoms with E-state index in [2.05, 4.69) is 20.7 Å². The second-order valence-electron chi connectivity index (χ2n) is 4.46. The number of hydrogen-bond donors (Lipinski definition) is 3. The fourth-order valence-corrected chi connectivity index (χ4v) is 2.40. The number of urea groups is 1. The number of nitrogens with one attached hydrogen (secondary N) is 2. The van der Waals surface area contributed by atoms with Crippen LogP contribution in [0, 0.1) is 6.92 Å². The van der Waals surface area contributed by atoms with E-state index >= 15 is 0 Å². The molecule has 2 rings (SSSR count). The minimum absolute atomic E-state index is 0.223. The summed E-state index contributed by atoms with van der Waals surface area (Å²) in [5, 5.41) is 12.2. The molecule has 0 atom stereocenters. The van der Waals surface area contributed by atoms with Gasteiger partial charge in [0.1, 0.15) is 0 Å². The fraction of sp³-hybridized carbons (Fsp3) is 0.417. The highest BCUT2D eigenvalue weighted by molar-refractivity contribution is 7.13. The summed E-state index contributed by atoms with van der Waals surface area (Å²) in [5.74, 6) is 0. The molecule has 0 aliphatic heterocycles. The molecule has 8 heteroatoms. The van der Waals surface area contributed by atoms with E-state index in [0.29, 0.717) is 11.7 Å². The molecule has 0 saturated carbocycles. The van der Waals surface area contributed by atoms with E-state index in [1.165, 1.54) is 11.3 Å². The van der Waals surface area contributed by atoms with Gasteiger partial charge >= 0.3 is 6.03 Å². The van der Waals surface area contributed by atoms with Crippen molar-refractivity contribution < 1.29 is 4.79 Å². The zero-order valence-corrected chi connectivity index (χ0v) is 12.3. The van der Waals surface area contributed by atoms with E-state index in [-0.39, 0.29) is 6.03 Å². The third kappa shape index (κ3) is 3.95. The van der Waals surface area contributed by atoms with Crippen LogP contribution in [0.25, 0.3) is 0 Å². The van der Waals surface area contributed by atoms with Crippen LogP contribution in [-0.2, 0) is 13.5 Å². The molecule has 108 valence electrons. The van der Waals surface area contributed by atoms with Gasteiger partial charge in [0.15, 0.2) is 5.13 Å². The number of amides is 2. The number of carbonyl (C=O) groups excluding carboxylic acids is 1. The Morgan fingerprint density at radius 3 is 2.95 bits per heavy atom. The van der Waals surface area contributed by atoms with Crippen LogP contribution in [0.3, 0.4) is 0 Å². The first-order valence-corrected chi connectivity index (χ1v) is 7.17. The Hall–Kier alpha value is -2.09. The average molecular weight is 294 g/mol. The van der Waals surface area contributed by atoms with Gasteiger partial charge < -0.3 is 16.4 Å². The monoisotopic (exact) mass is 294 g/mol. The lowest BCUT2D eigenvalue weighted by molar-refractivity contribution is 0.252. The molecule has 0 bridgehead atoms. The number of anilines is 2. The zero-order chi connectivity index (χ0) is 14.5. The van der Waals surface area contributed by atoms with Crippen molar-refractivity contribution in [2.45, 2.75) is 19.8 Å². The number of nitrogen functional groups attached to an aromatic ring is 1. The molecule has 0 radical (unpaired) electrons. The van der Waals surface area contributed by atoms with Gasteiger partial charge in [0.2, 0.25) is 0 Å². The minimum Gasteiger partial charge on any atom is -0.375 e. The van der Waals surface area contributed by atoms with Crippen LogP contribution in [-0.4, -0.2) is 27.3 Å². The maximum atomic E-state index is 11.7. The van der Waals surface area contributed by atoms with Crippen molar-refractivity contribution >= 4 is 28.2 Å². The van der Waals surface area contributed by atoms with E-state index in [9.17, 15) is 4.79 Å². The first kappa shape index (κ1) is 14.3. The van der Waals surface area contributed by atoms with Gasteiger partial charge in [-0.1, -0.05) is 0 Å². The SMILES string of the molecule is Cc1nn(C)cc1NC(=O)NCCCc1csc(N)n1. The van der Waals surface area contributed by atoms with Crippen molar-refractivity contribution in [1.82, 2.24) is 20.1 Å². The molecular weight excluding hydrogens is 276 g/mol. The Labute approximate surface area is 121 Å². The molecule has 2 amide bonds. The molecule has 4 N–H and O–H groups in total. The molecule has 0 saturated heterocycles. The summed E-state index contributed by atoms with van der Waals surface area (Å²) < 4.78 is 1.66. The van der Waals surface area contributed by atoms with Crippen molar-refractivity contribution in [2.24, 2.45) is 7.05 Å². The Morgan fingerprint density at radius 1 is 1.55 bits per heavy atom. The molecule has 0 unspecified atom stereocenters. The van der Waals surface area contributed by atoms with Gasteiger partial charge in [-0.05, 0) is 19.8 Å². The van der Waals surface area contributed by atoms with Crippen LogP contribution in [0.15, 0.2) is 11.6 Å². The molecule has 20 heavy (non-hydrogen) atoms. The highest BCUT2D eigenvalue weighted by Gasteiger charge is 2.07. The third-order valence-corrected chi connectivity index (χ3v) is 3.45. The Morgan fingerprint density at radius 2 is 2.35 bits per heavy atom. The summed E-state index contributed by atoms with van der Waals surface area (Å²) in [7, 11) is 1.82. The third-order valence-electron chi connectivity index (χ3n) is 2.73. The Bertz CT molecular complexity index is 591. The highest BCUT2D eigenvalue weighted by atomic mass is 32.1. The van der Waals surface area contributed by atoms with Crippen LogP contribution < -0.4 is 16.4 Å². The zero-order valence-electron chi connectivity index (χ0n) is 11.5. The number of aryl methyl sites for hydroxylation is 3. The average Bonchev–Trinajstić information content (AvgIpc) is 2.92. The minimum atomic E-state index is -0.223. The molecule has 2 aromatic heterocycles. The molecular formula is C12H18N6OS. The fourth-order valence-electron chi connectivity index (χ4n) is 1.80. The topological polar surface area (TPSA) is 97.9 Å². The standard InChI is InChI=1S/C12H18N6OS/c1-8-10(6-18(2)17-8)16-12(19)14-5-3-4-9-7-20-11(13)15-9/h6-7H,3-5H2,1-2H3,(H2,13,15)(H2,14,16,19). The van der Waals surface area contributed by atoms with Crippen molar-refractivity contribution in [3.63, 3.8) is 0 Å². The van der Waals surface area contributed by atoms with Gasteiger partial charge in [-0.3, -0.25) is 4.68 Å². The number of nitrogens with two attached hydrogens (primary N) is 1. The van der Waals surface area contributed by atoms with Gasteiger partial charge in [0, 0.05) is 25.2 Å². The number of nitrogens with zero attached hydrogens (tertiary/aromatic N) is 3. The lowest BCUT2D eigenvalue weighted by atomic mass is 10.2. The van der Waals surface area contributed by atoms with E-state index < -0.39 is 0 Å². The smallest absolute Gasteiger partial charge is 0.319 e. The van der Waals surface area contributed by atoms with E-state index in [1.54, 1.807) is 10.9 Å². The molecule has 0 fully saturated rings.